The quantitative estimate of drug-likeness (QED) is 0.718. The number of aryl methyl sites for hydroxylation is 1. The minimum absolute atomic E-state index is 0.144. The van der Waals surface area contributed by atoms with Crippen molar-refractivity contribution in [1.29, 1.82) is 0 Å². The van der Waals surface area contributed by atoms with Crippen molar-refractivity contribution in [3.8, 4) is 5.75 Å². The predicted octanol–water partition coefficient (Wildman–Crippen LogP) is 3.47. The Morgan fingerprint density at radius 3 is 2.74 bits per heavy atom. The molecular weight excluding hydrogens is 240 g/mol. The molecule has 3 heteroatoms. The van der Waals surface area contributed by atoms with Crippen molar-refractivity contribution in [3.63, 3.8) is 0 Å². The van der Waals surface area contributed by atoms with E-state index in [0.29, 0.717) is 11.7 Å². The SMILES string of the molecule is Cc1cc2c(c(=O)o1)C[C@H]1C(C)(C)CCC[C@@]1(C)O2. The molecule has 1 fully saturated rings. The molecule has 0 radical (unpaired) electrons. The van der Waals surface area contributed by atoms with Crippen molar-refractivity contribution in [3.05, 3.63) is 27.8 Å². The number of hydrogen-bond donors (Lipinski definition) is 0. The molecule has 104 valence electrons. The lowest BCUT2D eigenvalue weighted by molar-refractivity contribution is -0.0826. The van der Waals surface area contributed by atoms with Gasteiger partial charge in [0.05, 0.1) is 5.56 Å². The van der Waals surface area contributed by atoms with Crippen LogP contribution in [0.2, 0.25) is 0 Å². The third kappa shape index (κ3) is 1.90. The molecule has 0 saturated heterocycles. The lowest BCUT2D eigenvalue weighted by atomic mass is 9.59. The minimum atomic E-state index is -0.224. The zero-order valence-corrected chi connectivity index (χ0v) is 12.2. The molecule has 19 heavy (non-hydrogen) atoms. The van der Waals surface area contributed by atoms with Crippen molar-refractivity contribution >= 4 is 0 Å². The molecule has 3 nitrogen and oxygen atoms in total. The van der Waals surface area contributed by atoms with E-state index in [1.54, 1.807) is 6.92 Å². The highest BCUT2D eigenvalue weighted by atomic mass is 16.5. The Bertz CT molecular complexity index is 570. The van der Waals surface area contributed by atoms with Gasteiger partial charge in [-0.2, -0.15) is 0 Å². The van der Waals surface area contributed by atoms with E-state index < -0.39 is 0 Å². The Hall–Kier alpha value is -1.25. The van der Waals surface area contributed by atoms with Gasteiger partial charge in [0.1, 0.15) is 17.1 Å². The molecule has 1 aromatic heterocycles. The molecule has 0 aromatic carbocycles. The van der Waals surface area contributed by atoms with Gasteiger partial charge in [0.2, 0.25) is 0 Å². The third-order valence-electron chi connectivity index (χ3n) is 5.06. The molecule has 1 aliphatic heterocycles. The highest BCUT2D eigenvalue weighted by Crippen LogP contribution is 2.52. The summed E-state index contributed by atoms with van der Waals surface area (Å²) in [6.45, 7) is 8.58. The monoisotopic (exact) mass is 262 g/mol. The van der Waals surface area contributed by atoms with E-state index in [2.05, 4.69) is 20.8 Å². The van der Waals surface area contributed by atoms with Crippen LogP contribution in [0.15, 0.2) is 15.3 Å². The van der Waals surface area contributed by atoms with Gasteiger partial charge in [-0.1, -0.05) is 13.8 Å². The van der Waals surface area contributed by atoms with E-state index in [9.17, 15) is 4.79 Å². The number of hydrogen-bond acceptors (Lipinski definition) is 3. The van der Waals surface area contributed by atoms with Crippen LogP contribution < -0.4 is 10.4 Å². The highest BCUT2D eigenvalue weighted by molar-refractivity contribution is 5.35. The summed E-state index contributed by atoms with van der Waals surface area (Å²) in [7, 11) is 0. The van der Waals surface area contributed by atoms with Gasteiger partial charge in [-0.25, -0.2) is 4.79 Å². The molecule has 2 atom stereocenters. The summed E-state index contributed by atoms with van der Waals surface area (Å²) >= 11 is 0. The summed E-state index contributed by atoms with van der Waals surface area (Å²) in [6, 6.07) is 1.86. The first-order valence-corrected chi connectivity index (χ1v) is 7.14. The van der Waals surface area contributed by atoms with E-state index in [-0.39, 0.29) is 16.6 Å². The Kier molecular flexibility index (Phi) is 2.60. The zero-order chi connectivity index (χ0) is 13.8. The van der Waals surface area contributed by atoms with Crippen molar-refractivity contribution in [1.82, 2.24) is 0 Å². The average Bonchev–Trinajstić information content (AvgIpc) is 2.25. The maximum atomic E-state index is 12.0. The van der Waals surface area contributed by atoms with Gasteiger partial charge in [-0.3, -0.25) is 0 Å². The summed E-state index contributed by atoms with van der Waals surface area (Å²) in [5.41, 5.74) is 0.568. The molecule has 1 saturated carbocycles. The smallest absolute Gasteiger partial charge is 0.342 e. The predicted molar refractivity (Wildman–Crippen MR) is 73.6 cm³/mol. The molecule has 1 aromatic rings. The first-order valence-electron chi connectivity index (χ1n) is 7.14. The Balaban J connectivity index is 2.11. The molecule has 1 aliphatic carbocycles. The second-order valence-electron chi connectivity index (χ2n) is 7.00. The third-order valence-corrected chi connectivity index (χ3v) is 5.06. The van der Waals surface area contributed by atoms with Crippen LogP contribution in [0.3, 0.4) is 0 Å². The molecule has 2 heterocycles. The normalized spacial score (nSPS) is 32.1. The lowest BCUT2D eigenvalue weighted by Crippen LogP contribution is -2.54. The molecule has 0 unspecified atom stereocenters. The number of rotatable bonds is 0. The summed E-state index contributed by atoms with van der Waals surface area (Å²) in [5, 5.41) is 0. The summed E-state index contributed by atoms with van der Waals surface area (Å²) in [4.78, 5) is 12.0. The van der Waals surface area contributed by atoms with Gasteiger partial charge < -0.3 is 9.15 Å². The van der Waals surface area contributed by atoms with Crippen LogP contribution in [0, 0.1) is 18.3 Å². The van der Waals surface area contributed by atoms with Gasteiger partial charge in [0.15, 0.2) is 0 Å². The lowest BCUT2D eigenvalue weighted by Gasteiger charge is -2.52. The standard InChI is InChI=1S/C16H22O3/c1-10-8-12-11(14(17)18-10)9-13-15(2,3)6-5-7-16(13,4)19-12/h8,13H,5-7,9H2,1-4H3/t13-,16+/m0/s1. The molecule has 3 rings (SSSR count). The summed E-state index contributed by atoms with van der Waals surface area (Å²) in [6.07, 6.45) is 4.24. The Morgan fingerprint density at radius 1 is 1.26 bits per heavy atom. The van der Waals surface area contributed by atoms with Gasteiger partial charge in [-0.05, 0) is 44.9 Å². The molecule has 0 N–H and O–H groups in total. The maximum absolute atomic E-state index is 12.0. The first kappa shape index (κ1) is 12.8. The fraction of sp³-hybridized carbons (Fsp3) is 0.688. The molecule has 0 spiro atoms. The Labute approximate surface area is 114 Å². The fourth-order valence-electron chi connectivity index (χ4n) is 4.02. The van der Waals surface area contributed by atoms with Crippen LogP contribution in [0.5, 0.6) is 5.75 Å². The summed E-state index contributed by atoms with van der Waals surface area (Å²) < 4.78 is 11.5. The van der Waals surface area contributed by atoms with Gasteiger partial charge in [0.25, 0.3) is 0 Å². The van der Waals surface area contributed by atoms with E-state index in [4.69, 9.17) is 9.15 Å². The van der Waals surface area contributed by atoms with Gasteiger partial charge >= 0.3 is 5.63 Å². The van der Waals surface area contributed by atoms with E-state index >= 15 is 0 Å². The topological polar surface area (TPSA) is 39.4 Å². The van der Waals surface area contributed by atoms with Gasteiger partial charge in [0, 0.05) is 12.0 Å². The zero-order valence-electron chi connectivity index (χ0n) is 12.2. The van der Waals surface area contributed by atoms with E-state index in [1.165, 1.54) is 12.8 Å². The van der Waals surface area contributed by atoms with E-state index in [0.717, 1.165) is 24.2 Å². The molecular formula is C16H22O3. The molecule has 2 aliphatic rings. The number of fused-ring (bicyclic) bond motifs is 2. The first-order chi connectivity index (χ1) is 8.82. The van der Waals surface area contributed by atoms with Crippen molar-refractivity contribution in [2.24, 2.45) is 11.3 Å². The van der Waals surface area contributed by atoms with E-state index in [1.807, 2.05) is 6.07 Å². The average molecular weight is 262 g/mol. The van der Waals surface area contributed by atoms with Crippen LogP contribution in [0.25, 0.3) is 0 Å². The van der Waals surface area contributed by atoms with Crippen molar-refractivity contribution in [2.45, 2.75) is 59.0 Å². The summed E-state index contributed by atoms with van der Waals surface area (Å²) in [5.74, 6) is 1.75. The van der Waals surface area contributed by atoms with Crippen LogP contribution in [-0.2, 0) is 6.42 Å². The second-order valence-corrected chi connectivity index (χ2v) is 7.00. The van der Waals surface area contributed by atoms with Crippen LogP contribution in [0.4, 0.5) is 0 Å². The highest BCUT2D eigenvalue weighted by Gasteiger charge is 2.51. The second kappa shape index (κ2) is 3.87. The Morgan fingerprint density at radius 2 is 2.00 bits per heavy atom. The van der Waals surface area contributed by atoms with Crippen molar-refractivity contribution in [2.75, 3.05) is 0 Å². The van der Waals surface area contributed by atoms with Crippen LogP contribution in [0.1, 0.15) is 51.4 Å². The van der Waals surface area contributed by atoms with Crippen LogP contribution >= 0.6 is 0 Å². The number of ether oxygens (including phenoxy) is 1. The molecule has 0 bridgehead atoms. The largest absolute Gasteiger partial charge is 0.487 e. The molecule has 0 amide bonds. The minimum Gasteiger partial charge on any atom is -0.487 e. The van der Waals surface area contributed by atoms with Gasteiger partial charge in [-0.15, -0.1) is 0 Å². The van der Waals surface area contributed by atoms with Crippen LogP contribution in [-0.4, -0.2) is 5.60 Å². The fourth-order valence-corrected chi connectivity index (χ4v) is 4.02. The maximum Gasteiger partial charge on any atom is 0.342 e. The van der Waals surface area contributed by atoms with Crippen molar-refractivity contribution < 1.29 is 9.15 Å².